The Morgan fingerprint density at radius 2 is 1.64 bits per heavy atom. The summed E-state index contributed by atoms with van der Waals surface area (Å²) in [4.78, 5) is 11.6. The lowest BCUT2D eigenvalue weighted by atomic mass is 10.1. The standard InChI is InChI=1S/C23H38N2O3/c1-4-7-9-10-11-12-13-17-28-21-16-15-20(18-22(21)27-6-3)19-24-25-23(26)14-8-5-2/h15-16,18-19H,4-14,17H2,1-3H3,(H,25,26)/b24-19+. The third kappa shape index (κ3) is 11.0. The molecule has 0 saturated carbocycles. The zero-order chi connectivity index (χ0) is 20.5. The molecular formula is C23H38N2O3. The summed E-state index contributed by atoms with van der Waals surface area (Å²) in [5.41, 5.74) is 3.42. The maximum absolute atomic E-state index is 11.6. The highest BCUT2D eigenvalue weighted by Crippen LogP contribution is 2.28. The van der Waals surface area contributed by atoms with Gasteiger partial charge in [0.1, 0.15) is 0 Å². The summed E-state index contributed by atoms with van der Waals surface area (Å²) in [6, 6.07) is 5.72. The second kappa shape index (κ2) is 16.0. The number of benzene rings is 1. The molecule has 0 bridgehead atoms. The van der Waals surface area contributed by atoms with Crippen LogP contribution in [0.5, 0.6) is 11.5 Å². The first-order chi connectivity index (χ1) is 13.7. The Bertz CT molecular complexity index is 573. The number of carbonyl (C=O) groups is 1. The van der Waals surface area contributed by atoms with Gasteiger partial charge in [0.15, 0.2) is 11.5 Å². The smallest absolute Gasteiger partial charge is 0.240 e. The molecule has 0 aliphatic heterocycles. The molecule has 0 fully saturated rings. The van der Waals surface area contributed by atoms with Crippen LogP contribution in [0.4, 0.5) is 0 Å². The van der Waals surface area contributed by atoms with Gasteiger partial charge in [-0.1, -0.05) is 58.8 Å². The second-order valence-corrected chi connectivity index (χ2v) is 7.01. The zero-order valence-electron chi connectivity index (χ0n) is 18.0. The van der Waals surface area contributed by atoms with Crippen molar-refractivity contribution in [3.63, 3.8) is 0 Å². The number of hydrazone groups is 1. The lowest BCUT2D eigenvalue weighted by molar-refractivity contribution is -0.121. The Labute approximate surface area is 170 Å². The van der Waals surface area contributed by atoms with Crippen LogP contribution in [0.15, 0.2) is 23.3 Å². The average Bonchev–Trinajstić information content (AvgIpc) is 2.70. The van der Waals surface area contributed by atoms with E-state index in [1.807, 2.05) is 25.1 Å². The van der Waals surface area contributed by atoms with E-state index in [2.05, 4.69) is 24.4 Å². The summed E-state index contributed by atoms with van der Waals surface area (Å²) in [7, 11) is 0. The van der Waals surface area contributed by atoms with Crippen LogP contribution in [-0.4, -0.2) is 25.3 Å². The van der Waals surface area contributed by atoms with E-state index in [1.165, 1.54) is 38.5 Å². The largest absolute Gasteiger partial charge is 0.490 e. The molecular weight excluding hydrogens is 352 g/mol. The Balaban J connectivity index is 2.44. The summed E-state index contributed by atoms with van der Waals surface area (Å²) in [6.45, 7) is 7.53. The molecule has 1 amide bonds. The van der Waals surface area contributed by atoms with Crippen LogP contribution in [0.2, 0.25) is 0 Å². The fourth-order valence-electron chi connectivity index (χ4n) is 2.81. The maximum atomic E-state index is 11.6. The van der Waals surface area contributed by atoms with E-state index in [9.17, 15) is 4.79 Å². The fraction of sp³-hybridized carbons (Fsp3) is 0.652. The van der Waals surface area contributed by atoms with Gasteiger partial charge in [0.2, 0.25) is 5.91 Å². The van der Waals surface area contributed by atoms with Gasteiger partial charge in [-0.2, -0.15) is 5.10 Å². The number of nitrogens with zero attached hydrogens (tertiary/aromatic N) is 1. The van der Waals surface area contributed by atoms with Crippen molar-refractivity contribution in [2.45, 2.75) is 85.0 Å². The first-order valence-corrected chi connectivity index (χ1v) is 10.9. The lowest BCUT2D eigenvalue weighted by Gasteiger charge is -2.12. The molecule has 1 rings (SSSR count). The van der Waals surface area contributed by atoms with Gasteiger partial charge in [-0.15, -0.1) is 0 Å². The monoisotopic (exact) mass is 390 g/mol. The molecule has 0 heterocycles. The van der Waals surface area contributed by atoms with E-state index < -0.39 is 0 Å². The molecule has 1 aromatic rings. The molecule has 1 aromatic carbocycles. The van der Waals surface area contributed by atoms with Gasteiger partial charge in [-0.05, 0) is 43.5 Å². The molecule has 0 atom stereocenters. The molecule has 0 unspecified atom stereocenters. The summed E-state index contributed by atoms with van der Waals surface area (Å²) in [6.07, 6.45) is 12.8. The minimum atomic E-state index is -0.0576. The van der Waals surface area contributed by atoms with Crippen LogP contribution in [0.3, 0.4) is 0 Å². The average molecular weight is 391 g/mol. The van der Waals surface area contributed by atoms with Crippen LogP contribution >= 0.6 is 0 Å². The number of amides is 1. The van der Waals surface area contributed by atoms with Crippen molar-refractivity contribution >= 4 is 12.1 Å². The Hall–Kier alpha value is -2.04. The molecule has 5 nitrogen and oxygen atoms in total. The van der Waals surface area contributed by atoms with Gasteiger partial charge >= 0.3 is 0 Å². The highest BCUT2D eigenvalue weighted by atomic mass is 16.5. The Morgan fingerprint density at radius 3 is 2.36 bits per heavy atom. The predicted octanol–water partition coefficient (Wildman–Crippen LogP) is 5.86. The number of rotatable bonds is 16. The predicted molar refractivity (Wildman–Crippen MR) is 116 cm³/mol. The van der Waals surface area contributed by atoms with E-state index >= 15 is 0 Å². The van der Waals surface area contributed by atoms with Gasteiger partial charge in [0, 0.05) is 6.42 Å². The molecule has 0 aliphatic carbocycles. The van der Waals surface area contributed by atoms with Gasteiger partial charge < -0.3 is 9.47 Å². The van der Waals surface area contributed by atoms with Crippen LogP contribution in [0.25, 0.3) is 0 Å². The molecule has 0 spiro atoms. The zero-order valence-corrected chi connectivity index (χ0v) is 18.0. The van der Waals surface area contributed by atoms with E-state index in [4.69, 9.17) is 9.47 Å². The van der Waals surface area contributed by atoms with E-state index in [-0.39, 0.29) is 5.91 Å². The van der Waals surface area contributed by atoms with Crippen molar-refractivity contribution in [2.75, 3.05) is 13.2 Å². The van der Waals surface area contributed by atoms with Crippen LogP contribution < -0.4 is 14.9 Å². The lowest BCUT2D eigenvalue weighted by Crippen LogP contribution is -2.16. The molecule has 0 saturated heterocycles. The van der Waals surface area contributed by atoms with E-state index in [0.717, 1.165) is 30.6 Å². The Kier molecular flexibility index (Phi) is 13.7. The van der Waals surface area contributed by atoms with Gasteiger partial charge in [0.25, 0.3) is 0 Å². The second-order valence-electron chi connectivity index (χ2n) is 7.01. The Morgan fingerprint density at radius 1 is 0.929 bits per heavy atom. The molecule has 158 valence electrons. The summed E-state index contributed by atoms with van der Waals surface area (Å²) in [5.74, 6) is 1.42. The number of ether oxygens (including phenoxy) is 2. The number of hydrogen-bond donors (Lipinski definition) is 1. The number of unbranched alkanes of at least 4 members (excludes halogenated alkanes) is 7. The van der Waals surface area contributed by atoms with Crippen molar-refractivity contribution in [2.24, 2.45) is 5.10 Å². The molecule has 0 aromatic heterocycles. The van der Waals surface area contributed by atoms with Crippen molar-refractivity contribution in [3.8, 4) is 11.5 Å². The number of carbonyl (C=O) groups excluding carboxylic acids is 1. The summed E-state index contributed by atoms with van der Waals surface area (Å²) >= 11 is 0. The quantitative estimate of drug-likeness (QED) is 0.219. The van der Waals surface area contributed by atoms with Crippen molar-refractivity contribution in [1.82, 2.24) is 5.43 Å². The number of hydrogen-bond acceptors (Lipinski definition) is 4. The molecule has 28 heavy (non-hydrogen) atoms. The molecule has 1 N–H and O–H groups in total. The SMILES string of the molecule is CCCCCCCCCOc1ccc(/C=N/NC(=O)CCCC)cc1OCC. The third-order valence-electron chi connectivity index (χ3n) is 4.43. The van der Waals surface area contributed by atoms with Crippen LogP contribution in [0, 0.1) is 0 Å². The fourth-order valence-corrected chi connectivity index (χ4v) is 2.81. The highest BCUT2D eigenvalue weighted by molar-refractivity contribution is 5.83. The minimum Gasteiger partial charge on any atom is -0.490 e. The molecule has 5 heteroatoms. The van der Waals surface area contributed by atoms with Crippen molar-refractivity contribution < 1.29 is 14.3 Å². The maximum Gasteiger partial charge on any atom is 0.240 e. The minimum absolute atomic E-state index is 0.0576. The van der Waals surface area contributed by atoms with Crippen molar-refractivity contribution in [1.29, 1.82) is 0 Å². The highest BCUT2D eigenvalue weighted by Gasteiger charge is 2.06. The van der Waals surface area contributed by atoms with E-state index in [1.54, 1.807) is 6.21 Å². The first-order valence-electron chi connectivity index (χ1n) is 10.9. The number of nitrogens with one attached hydrogen (secondary N) is 1. The molecule has 0 aliphatic rings. The topological polar surface area (TPSA) is 59.9 Å². The van der Waals surface area contributed by atoms with Gasteiger partial charge in [-0.25, -0.2) is 5.43 Å². The van der Waals surface area contributed by atoms with Crippen LogP contribution in [0.1, 0.15) is 90.5 Å². The van der Waals surface area contributed by atoms with Crippen molar-refractivity contribution in [3.05, 3.63) is 23.8 Å². The first kappa shape index (κ1) is 24.0. The normalized spacial score (nSPS) is 11.0. The van der Waals surface area contributed by atoms with Crippen LogP contribution in [-0.2, 0) is 4.79 Å². The summed E-state index contributed by atoms with van der Waals surface area (Å²) in [5, 5.41) is 4.02. The summed E-state index contributed by atoms with van der Waals surface area (Å²) < 4.78 is 11.6. The van der Waals surface area contributed by atoms with Gasteiger partial charge in [0.05, 0.1) is 19.4 Å². The molecule has 0 radical (unpaired) electrons. The van der Waals surface area contributed by atoms with Gasteiger partial charge in [-0.3, -0.25) is 4.79 Å². The van der Waals surface area contributed by atoms with E-state index in [0.29, 0.717) is 25.4 Å². The third-order valence-corrected chi connectivity index (χ3v) is 4.43.